The minimum absolute atomic E-state index is 0.0255. The fourth-order valence-corrected chi connectivity index (χ4v) is 3.35. The van der Waals surface area contributed by atoms with Crippen LogP contribution >= 0.6 is 0 Å². The van der Waals surface area contributed by atoms with Crippen LogP contribution in [0.25, 0.3) is 0 Å². The Morgan fingerprint density at radius 1 is 1.14 bits per heavy atom. The second-order valence-corrected chi connectivity index (χ2v) is 4.61. The normalized spacial score (nSPS) is 44.2. The molecular formula is C12H12O2. The Balaban J connectivity index is 2.09. The molecule has 2 nitrogen and oxygen atoms in total. The fourth-order valence-electron chi connectivity index (χ4n) is 3.35. The molecule has 0 amide bonds. The number of hydrogen-bond donors (Lipinski definition) is 0. The van der Waals surface area contributed by atoms with Gasteiger partial charge in [-0.25, -0.2) is 0 Å². The van der Waals surface area contributed by atoms with Crippen molar-refractivity contribution in [3.8, 4) is 0 Å². The Labute approximate surface area is 82.7 Å². The molecule has 4 atom stereocenters. The summed E-state index contributed by atoms with van der Waals surface area (Å²) in [5.41, 5.74) is 1.31. The summed E-state index contributed by atoms with van der Waals surface area (Å²) in [4.78, 5) is 23.3. The van der Waals surface area contributed by atoms with Gasteiger partial charge in [0.15, 0.2) is 11.6 Å². The van der Waals surface area contributed by atoms with E-state index in [-0.39, 0.29) is 23.4 Å². The third kappa shape index (κ3) is 0.813. The number of fused-ring (bicyclic) bond motifs is 5. The molecule has 0 aromatic heterocycles. The number of rotatable bonds is 0. The fraction of sp³-hybridized carbons (Fsp3) is 0.500. The molecule has 14 heavy (non-hydrogen) atoms. The van der Waals surface area contributed by atoms with Crippen LogP contribution in [0.3, 0.4) is 0 Å². The van der Waals surface area contributed by atoms with Crippen LogP contribution in [0.5, 0.6) is 0 Å². The van der Waals surface area contributed by atoms with Crippen LogP contribution < -0.4 is 0 Å². The summed E-state index contributed by atoms with van der Waals surface area (Å²) in [5, 5.41) is 0. The van der Waals surface area contributed by atoms with Gasteiger partial charge in [-0.1, -0.05) is 11.6 Å². The molecular weight excluding hydrogens is 176 g/mol. The maximum atomic E-state index is 11.7. The standard InChI is InChI=1S/C12H12O2/c1-6-4-7-5-8(6)12-10(14)3-2-9(13)11(7)12/h2-4,7-8,11-12H,5H2,1H3. The van der Waals surface area contributed by atoms with Gasteiger partial charge in [0.25, 0.3) is 0 Å². The quantitative estimate of drug-likeness (QED) is 0.540. The molecule has 2 bridgehead atoms. The average Bonchev–Trinajstić information content (AvgIpc) is 2.68. The highest BCUT2D eigenvalue weighted by atomic mass is 16.1. The smallest absolute Gasteiger partial charge is 0.160 e. The van der Waals surface area contributed by atoms with Gasteiger partial charge in [-0.15, -0.1) is 0 Å². The lowest BCUT2D eigenvalue weighted by Gasteiger charge is -2.28. The summed E-state index contributed by atoms with van der Waals surface area (Å²) in [6, 6.07) is 0. The monoisotopic (exact) mass is 188 g/mol. The van der Waals surface area contributed by atoms with Crippen LogP contribution in [-0.4, -0.2) is 11.6 Å². The van der Waals surface area contributed by atoms with Gasteiger partial charge >= 0.3 is 0 Å². The van der Waals surface area contributed by atoms with Crippen molar-refractivity contribution in [3.63, 3.8) is 0 Å². The lowest BCUT2D eigenvalue weighted by Crippen LogP contribution is -2.35. The number of allylic oxidation sites excluding steroid dienone is 4. The lowest BCUT2D eigenvalue weighted by molar-refractivity contribution is -0.129. The van der Waals surface area contributed by atoms with Crippen LogP contribution in [0.2, 0.25) is 0 Å². The summed E-state index contributed by atoms with van der Waals surface area (Å²) in [7, 11) is 0. The Bertz CT molecular complexity index is 389. The van der Waals surface area contributed by atoms with E-state index >= 15 is 0 Å². The molecule has 3 aliphatic rings. The number of ketones is 2. The van der Waals surface area contributed by atoms with Gasteiger partial charge in [0, 0.05) is 11.8 Å². The molecule has 0 heterocycles. The van der Waals surface area contributed by atoms with Crippen LogP contribution in [0, 0.1) is 23.7 Å². The number of hydrogen-bond acceptors (Lipinski definition) is 2. The lowest BCUT2D eigenvalue weighted by atomic mass is 9.73. The summed E-state index contributed by atoms with van der Waals surface area (Å²) in [6.45, 7) is 2.08. The van der Waals surface area contributed by atoms with Gasteiger partial charge in [-0.05, 0) is 37.3 Å². The predicted molar refractivity (Wildman–Crippen MR) is 51.5 cm³/mol. The van der Waals surface area contributed by atoms with E-state index in [1.165, 1.54) is 17.7 Å². The Hall–Kier alpha value is -1.18. The summed E-state index contributed by atoms with van der Waals surface area (Å²) in [6.07, 6.45) is 6.14. The second kappa shape index (κ2) is 2.44. The van der Waals surface area contributed by atoms with Crippen LogP contribution in [-0.2, 0) is 9.59 Å². The van der Waals surface area contributed by atoms with Crippen molar-refractivity contribution in [2.24, 2.45) is 23.7 Å². The third-order valence-corrected chi connectivity index (χ3v) is 3.94. The molecule has 0 radical (unpaired) electrons. The molecule has 1 saturated carbocycles. The molecule has 1 fully saturated rings. The molecule has 3 aliphatic carbocycles. The van der Waals surface area contributed by atoms with Crippen LogP contribution in [0.15, 0.2) is 23.8 Å². The van der Waals surface area contributed by atoms with E-state index in [1.54, 1.807) is 0 Å². The SMILES string of the molecule is CC1=CC2CC1C1C(=O)C=CC(=O)C21. The molecule has 72 valence electrons. The highest BCUT2D eigenvalue weighted by Crippen LogP contribution is 2.53. The zero-order valence-electron chi connectivity index (χ0n) is 8.07. The van der Waals surface area contributed by atoms with Gasteiger partial charge in [-0.2, -0.15) is 0 Å². The number of carbonyl (C=O) groups excluding carboxylic acids is 2. The van der Waals surface area contributed by atoms with Gasteiger partial charge in [0.2, 0.25) is 0 Å². The molecule has 0 aromatic carbocycles. The molecule has 0 aromatic rings. The van der Waals surface area contributed by atoms with E-state index < -0.39 is 0 Å². The molecule has 0 N–H and O–H groups in total. The van der Waals surface area contributed by atoms with Crippen molar-refractivity contribution >= 4 is 11.6 Å². The average molecular weight is 188 g/mol. The highest BCUT2D eigenvalue weighted by Gasteiger charge is 2.53. The maximum absolute atomic E-state index is 11.7. The minimum atomic E-state index is -0.0267. The van der Waals surface area contributed by atoms with Crippen molar-refractivity contribution in [2.45, 2.75) is 13.3 Å². The molecule has 3 rings (SSSR count). The predicted octanol–water partition coefficient (Wildman–Crippen LogP) is 1.52. The van der Waals surface area contributed by atoms with Crippen molar-refractivity contribution in [1.29, 1.82) is 0 Å². The molecule has 0 aliphatic heterocycles. The first kappa shape index (κ1) is 8.16. The summed E-state index contributed by atoms with van der Waals surface area (Å²) in [5.74, 6) is 0.960. The van der Waals surface area contributed by atoms with E-state index in [1.807, 2.05) is 0 Å². The Morgan fingerprint density at radius 2 is 1.79 bits per heavy atom. The second-order valence-electron chi connectivity index (χ2n) is 4.61. The summed E-state index contributed by atoms with van der Waals surface area (Å²) >= 11 is 0. The van der Waals surface area contributed by atoms with E-state index in [9.17, 15) is 9.59 Å². The number of carbonyl (C=O) groups is 2. The van der Waals surface area contributed by atoms with Gasteiger partial charge in [0.1, 0.15) is 0 Å². The molecule has 2 heteroatoms. The van der Waals surface area contributed by atoms with Gasteiger partial charge in [-0.3, -0.25) is 9.59 Å². The zero-order valence-corrected chi connectivity index (χ0v) is 8.07. The molecule has 0 saturated heterocycles. The van der Waals surface area contributed by atoms with Gasteiger partial charge in [0.05, 0.1) is 0 Å². The first-order valence-electron chi connectivity index (χ1n) is 5.12. The zero-order chi connectivity index (χ0) is 9.87. The van der Waals surface area contributed by atoms with Crippen molar-refractivity contribution in [1.82, 2.24) is 0 Å². The Kier molecular flexibility index (Phi) is 1.42. The van der Waals surface area contributed by atoms with E-state index in [2.05, 4.69) is 13.0 Å². The van der Waals surface area contributed by atoms with Gasteiger partial charge < -0.3 is 0 Å². The third-order valence-electron chi connectivity index (χ3n) is 3.94. The largest absolute Gasteiger partial charge is 0.294 e. The molecule has 0 spiro atoms. The van der Waals surface area contributed by atoms with Crippen molar-refractivity contribution < 1.29 is 9.59 Å². The van der Waals surface area contributed by atoms with E-state index in [0.29, 0.717) is 11.8 Å². The first-order valence-corrected chi connectivity index (χ1v) is 5.12. The Morgan fingerprint density at radius 3 is 2.50 bits per heavy atom. The summed E-state index contributed by atoms with van der Waals surface area (Å²) < 4.78 is 0. The van der Waals surface area contributed by atoms with Crippen LogP contribution in [0.4, 0.5) is 0 Å². The van der Waals surface area contributed by atoms with Crippen molar-refractivity contribution in [3.05, 3.63) is 23.8 Å². The van der Waals surface area contributed by atoms with Crippen LogP contribution in [0.1, 0.15) is 13.3 Å². The van der Waals surface area contributed by atoms with E-state index in [0.717, 1.165) is 6.42 Å². The molecule has 4 unspecified atom stereocenters. The first-order chi connectivity index (χ1) is 6.68. The highest BCUT2D eigenvalue weighted by molar-refractivity contribution is 6.08. The maximum Gasteiger partial charge on any atom is 0.160 e. The minimum Gasteiger partial charge on any atom is -0.294 e. The van der Waals surface area contributed by atoms with E-state index in [4.69, 9.17) is 0 Å². The van der Waals surface area contributed by atoms with Crippen molar-refractivity contribution in [2.75, 3.05) is 0 Å². The topological polar surface area (TPSA) is 34.1 Å².